The number of nitrogens with zero attached hydrogens (tertiary/aromatic N) is 1. The lowest BCUT2D eigenvalue weighted by molar-refractivity contribution is 0.440. The Morgan fingerprint density at radius 3 is 2.57 bits per heavy atom. The Bertz CT molecular complexity index is 183. The molecule has 14 heavy (non-hydrogen) atoms. The van der Waals surface area contributed by atoms with Gasteiger partial charge in [0.2, 0.25) is 0 Å². The number of hydrazine groups is 1. The number of amidine groups is 1. The monoisotopic (exact) mass is 197 g/mol. The molecule has 3 nitrogen and oxygen atoms in total. The highest BCUT2D eigenvalue weighted by Gasteiger charge is 2.14. The van der Waals surface area contributed by atoms with Crippen LogP contribution >= 0.6 is 0 Å². The molecule has 0 heterocycles. The van der Waals surface area contributed by atoms with E-state index in [-0.39, 0.29) is 0 Å². The van der Waals surface area contributed by atoms with E-state index < -0.39 is 0 Å². The summed E-state index contributed by atoms with van der Waals surface area (Å²) in [6.07, 6.45) is 7.60. The molecule has 0 bridgehead atoms. The number of aliphatic imine (C=N–C) groups is 1. The van der Waals surface area contributed by atoms with Crippen LogP contribution in [0.5, 0.6) is 0 Å². The van der Waals surface area contributed by atoms with Gasteiger partial charge in [0.25, 0.3) is 0 Å². The number of hydrogen-bond acceptors (Lipinski definition) is 2. The quantitative estimate of drug-likeness (QED) is 0.315. The first-order valence-corrected chi connectivity index (χ1v) is 5.82. The Morgan fingerprint density at radius 1 is 1.43 bits per heavy atom. The summed E-state index contributed by atoms with van der Waals surface area (Å²) in [5.74, 6) is 6.93. The first-order chi connectivity index (χ1) is 6.77. The van der Waals surface area contributed by atoms with E-state index in [9.17, 15) is 0 Å². The molecule has 0 amide bonds. The molecule has 0 aromatic heterocycles. The van der Waals surface area contributed by atoms with Gasteiger partial charge in [0.1, 0.15) is 5.84 Å². The number of nitrogens with one attached hydrogen (secondary N) is 1. The lowest BCUT2D eigenvalue weighted by atomic mass is 9.95. The van der Waals surface area contributed by atoms with Crippen LogP contribution in [0.25, 0.3) is 0 Å². The number of rotatable bonds is 3. The third kappa shape index (κ3) is 3.29. The molecule has 1 saturated carbocycles. The molecule has 0 aliphatic heterocycles. The molecular formula is C11H23N3. The maximum Gasteiger partial charge on any atom is 0.113 e. The fraction of sp³-hybridized carbons (Fsp3) is 0.909. The average Bonchev–Trinajstić information content (AvgIpc) is 2.26. The first-order valence-electron chi connectivity index (χ1n) is 5.82. The van der Waals surface area contributed by atoms with Crippen LogP contribution in [0, 0.1) is 5.92 Å². The molecule has 3 N–H and O–H groups in total. The standard InChI is InChI=1S/C11H23N3/c1-3-9(2)11(14-12)13-10-7-5-4-6-8-10/h9-10H,3-8,12H2,1-2H3,(H,13,14). The Labute approximate surface area is 87.1 Å². The molecule has 3 heteroatoms. The van der Waals surface area contributed by atoms with Gasteiger partial charge in [-0.1, -0.05) is 33.1 Å². The van der Waals surface area contributed by atoms with Crippen molar-refractivity contribution >= 4 is 5.84 Å². The molecule has 1 rings (SSSR count). The van der Waals surface area contributed by atoms with Crippen molar-refractivity contribution in [2.24, 2.45) is 16.8 Å². The minimum atomic E-state index is 0.460. The van der Waals surface area contributed by atoms with Crippen LogP contribution < -0.4 is 11.3 Å². The smallest absolute Gasteiger partial charge is 0.113 e. The number of nitrogens with two attached hydrogens (primary N) is 1. The molecule has 1 aliphatic rings. The number of hydrogen-bond donors (Lipinski definition) is 2. The fourth-order valence-electron chi connectivity index (χ4n) is 1.91. The van der Waals surface area contributed by atoms with Gasteiger partial charge in [0.05, 0.1) is 6.04 Å². The lowest BCUT2D eigenvalue weighted by Gasteiger charge is -2.21. The molecule has 0 radical (unpaired) electrons. The summed E-state index contributed by atoms with van der Waals surface area (Å²) in [5.41, 5.74) is 2.75. The predicted octanol–water partition coefficient (Wildman–Crippen LogP) is 2.23. The molecular weight excluding hydrogens is 174 g/mol. The molecule has 1 fully saturated rings. The van der Waals surface area contributed by atoms with E-state index in [1.54, 1.807) is 0 Å². The lowest BCUT2D eigenvalue weighted by Crippen LogP contribution is -2.36. The third-order valence-electron chi connectivity index (χ3n) is 3.12. The van der Waals surface area contributed by atoms with Crippen molar-refractivity contribution in [3.8, 4) is 0 Å². The zero-order valence-corrected chi connectivity index (χ0v) is 9.42. The highest BCUT2D eigenvalue weighted by Crippen LogP contribution is 2.21. The van der Waals surface area contributed by atoms with Crippen molar-refractivity contribution in [2.45, 2.75) is 58.4 Å². The highest BCUT2D eigenvalue weighted by atomic mass is 15.3. The van der Waals surface area contributed by atoms with E-state index in [1.165, 1.54) is 32.1 Å². The topological polar surface area (TPSA) is 50.4 Å². The van der Waals surface area contributed by atoms with Crippen LogP contribution in [0.3, 0.4) is 0 Å². The second-order valence-corrected chi connectivity index (χ2v) is 4.26. The summed E-state index contributed by atoms with van der Waals surface area (Å²) >= 11 is 0. The minimum absolute atomic E-state index is 0.460. The van der Waals surface area contributed by atoms with Crippen molar-refractivity contribution in [2.75, 3.05) is 0 Å². The minimum Gasteiger partial charge on any atom is -0.312 e. The molecule has 82 valence electrons. The van der Waals surface area contributed by atoms with Crippen LogP contribution in [0.4, 0.5) is 0 Å². The van der Waals surface area contributed by atoms with Gasteiger partial charge in [-0.15, -0.1) is 0 Å². The fourth-order valence-corrected chi connectivity index (χ4v) is 1.91. The summed E-state index contributed by atoms with van der Waals surface area (Å²) in [5, 5.41) is 0. The summed E-state index contributed by atoms with van der Waals surface area (Å²) in [6, 6.07) is 0.517. The van der Waals surface area contributed by atoms with E-state index in [0.717, 1.165) is 12.3 Å². The summed E-state index contributed by atoms with van der Waals surface area (Å²) in [7, 11) is 0. The third-order valence-corrected chi connectivity index (χ3v) is 3.12. The Hall–Kier alpha value is -0.570. The Morgan fingerprint density at radius 2 is 2.07 bits per heavy atom. The molecule has 0 saturated heterocycles. The van der Waals surface area contributed by atoms with E-state index in [0.29, 0.717) is 12.0 Å². The van der Waals surface area contributed by atoms with Gasteiger partial charge < -0.3 is 5.43 Å². The Kier molecular flexibility index (Phi) is 4.94. The summed E-state index contributed by atoms with van der Waals surface area (Å²) in [4.78, 5) is 4.71. The van der Waals surface area contributed by atoms with Crippen molar-refractivity contribution in [3.05, 3.63) is 0 Å². The predicted molar refractivity (Wildman–Crippen MR) is 61.1 cm³/mol. The average molecular weight is 197 g/mol. The normalized spacial score (nSPS) is 22.1. The summed E-state index contributed by atoms with van der Waals surface area (Å²) in [6.45, 7) is 4.33. The largest absolute Gasteiger partial charge is 0.312 e. The highest BCUT2D eigenvalue weighted by molar-refractivity contribution is 5.83. The maximum atomic E-state index is 5.49. The molecule has 0 aromatic rings. The molecule has 0 aromatic carbocycles. The molecule has 0 spiro atoms. The molecule has 1 unspecified atom stereocenters. The van der Waals surface area contributed by atoms with Gasteiger partial charge in [-0.25, -0.2) is 5.84 Å². The zero-order chi connectivity index (χ0) is 10.4. The van der Waals surface area contributed by atoms with Crippen LogP contribution in [-0.2, 0) is 0 Å². The van der Waals surface area contributed by atoms with Gasteiger partial charge in [-0.3, -0.25) is 4.99 Å². The second-order valence-electron chi connectivity index (χ2n) is 4.26. The first kappa shape index (κ1) is 11.5. The van der Waals surface area contributed by atoms with Crippen LogP contribution in [0.2, 0.25) is 0 Å². The summed E-state index contributed by atoms with van der Waals surface area (Å²) < 4.78 is 0. The molecule has 1 atom stereocenters. The van der Waals surface area contributed by atoms with Crippen LogP contribution in [-0.4, -0.2) is 11.9 Å². The van der Waals surface area contributed by atoms with E-state index in [2.05, 4.69) is 19.3 Å². The van der Waals surface area contributed by atoms with Crippen molar-refractivity contribution in [3.63, 3.8) is 0 Å². The van der Waals surface area contributed by atoms with Gasteiger partial charge in [0, 0.05) is 5.92 Å². The van der Waals surface area contributed by atoms with Gasteiger partial charge >= 0.3 is 0 Å². The SMILES string of the molecule is CCC(C)C(=NC1CCCCC1)NN. The van der Waals surface area contributed by atoms with Crippen molar-refractivity contribution < 1.29 is 0 Å². The molecule has 1 aliphatic carbocycles. The van der Waals surface area contributed by atoms with Gasteiger partial charge in [-0.2, -0.15) is 0 Å². The van der Waals surface area contributed by atoms with Crippen molar-refractivity contribution in [1.82, 2.24) is 5.43 Å². The van der Waals surface area contributed by atoms with Gasteiger partial charge in [-0.05, 0) is 19.3 Å². The maximum absolute atomic E-state index is 5.49. The zero-order valence-electron chi connectivity index (χ0n) is 9.42. The van der Waals surface area contributed by atoms with Crippen molar-refractivity contribution in [1.29, 1.82) is 0 Å². The van der Waals surface area contributed by atoms with E-state index >= 15 is 0 Å². The van der Waals surface area contributed by atoms with Crippen LogP contribution in [0.15, 0.2) is 4.99 Å². The Balaban J connectivity index is 2.52. The van der Waals surface area contributed by atoms with E-state index in [4.69, 9.17) is 10.8 Å². The second kappa shape index (κ2) is 6.02. The van der Waals surface area contributed by atoms with E-state index in [1.807, 2.05) is 0 Å². The van der Waals surface area contributed by atoms with Gasteiger partial charge in [0.15, 0.2) is 0 Å². The van der Waals surface area contributed by atoms with Crippen LogP contribution in [0.1, 0.15) is 52.4 Å².